The van der Waals surface area contributed by atoms with Gasteiger partial charge >= 0.3 is 0 Å². The van der Waals surface area contributed by atoms with Crippen molar-refractivity contribution in [2.45, 2.75) is 26.3 Å². The van der Waals surface area contributed by atoms with Crippen LogP contribution in [0.15, 0.2) is 29.3 Å². The van der Waals surface area contributed by atoms with E-state index in [1.165, 1.54) is 0 Å². The lowest BCUT2D eigenvalue weighted by atomic mass is 10.1. The van der Waals surface area contributed by atoms with Gasteiger partial charge in [-0.25, -0.2) is 9.67 Å². The van der Waals surface area contributed by atoms with Crippen LogP contribution in [0.5, 0.6) is 0 Å². The van der Waals surface area contributed by atoms with E-state index in [2.05, 4.69) is 42.5 Å². The molecule has 0 fully saturated rings. The van der Waals surface area contributed by atoms with Gasteiger partial charge in [-0.15, -0.1) is 0 Å². The Balaban J connectivity index is 1.96. The van der Waals surface area contributed by atoms with Crippen LogP contribution in [-0.2, 0) is 12.6 Å². The number of nitrogens with two attached hydrogens (primary N) is 1. The molecular weight excluding hydrogens is 354 g/mol. The number of amidine groups is 1. The number of aliphatic imine (C=N–C) groups is 1. The molecule has 1 amide bonds. The molecule has 4 rings (SSSR count). The highest BCUT2D eigenvalue weighted by atomic mass is 16.1. The quantitative estimate of drug-likeness (QED) is 0.635. The molecule has 4 N–H and O–H groups in total. The van der Waals surface area contributed by atoms with E-state index < -0.39 is 0 Å². The van der Waals surface area contributed by atoms with Crippen molar-refractivity contribution in [1.29, 1.82) is 0 Å². The first-order valence-corrected chi connectivity index (χ1v) is 9.22. The fourth-order valence-corrected chi connectivity index (χ4v) is 3.61. The van der Waals surface area contributed by atoms with E-state index in [-0.39, 0.29) is 11.4 Å². The minimum Gasteiger partial charge on any atom is -0.383 e. The summed E-state index contributed by atoms with van der Waals surface area (Å²) in [4.78, 5) is 16.4. The third kappa shape index (κ3) is 2.64. The number of hydrogen-bond acceptors (Lipinski definition) is 5. The van der Waals surface area contributed by atoms with Crippen LogP contribution >= 0.6 is 0 Å². The number of hydrogen-bond donors (Lipinski definition) is 3. The van der Waals surface area contributed by atoms with Gasteiger partial charge in [-0.05, 0) is 39.0 Å². The van der Waals surface area contributed by atoms with Gasteiger partial charge in [0, 0.05) is 30.6 Å². The monoisotopic (exact) mass is 379 g/mol. The first-order chi connectivity index (χ1) is 13.2. The van der Waals surface area contributed by atoms with Gasteiger partial charge in [-0.3, -0.25) is 4.79 Å². The minimum atomic E-state index is -0.218. The van der Waals surface area contributed by atoms with E-state index in [9.17, 15) is 4.79 Å². The van der Waals surface area contributed by atoms with Crippen molar-refractivity contribution in [3.63, 3.8) is 0 Å². The second-order valence-corrected chi connectivity index (χ2v) is 7.97. The van der Waals surface area contributed by atoms with Crippen molar-refractivity contribution in [1.82, 2.24) is 19.7 Å². The van der Waals surface area contributed by atoms with Crippen LogP contribution in [0.1, 0.15) is 36.7 Å². The Labute approximate surface area is 163 Å². The molecule has 0 spiro atoms. The lowest BCUT2D eigenvalue weighted by molar-refractivity contribution is 0.0963. The zero-order valence-electron chi connectivity index (χ0n) is 16.8. The number of carbonyl (C=O) groups is 1. The summed E-state index contributed by atoms with van der Waals surface area (Å²) in [6, 6.07) is 7.73. The maximum absolute atomic E-state index is 12.0. The van der Waals surface area contributed by atoms with Gasteiger partial charge in [0.25, 0.3) is 5.91 Å². The lowest BCUT2D eigenvalue weighted by Gasteiger charge is -2.24. The van der Waals surface area contributed by atoms with Crippen molar-refractivity contribution in [3.8, 4) is 11.4 Å². The van der Waals surface area contributed by atoms with Crippen LogP contribution in [0, 0.1) is 0 Å². The van der Waals surface area contributed by atoms with Gasteiger partial charge < -0.3 is 20.9 Å². The summed E-state index contributed by atoms with van der Waals surface area (Å²) < 4.78 is 4.01. The highest BCUT2D eigenvalue weighted by molar-refractivity contribution is 6.08. The molecule has 3 aromatic rings. The zero-order valence-corrected chi connectivity index (χ0v) is 16.8. The Hall–Kier alpha value is -3.29. The lowest BCUT2D eigenvalue weighted by Crippen LogP contribution is -2.28. The Kier molecular flexibility index (Phi) is 3.95. The Morgan fingerprint density at radius 2 is 2.04 bits per heavy atom. The second kappa shape index (κ2) is 6.12. The number of carbonyl (C=O) groups excluding carboxylic acids is 1. The summed E-state index contributed by atoms with van der Waals surface area (Å²) in [7, 11) is 3.60. The van der Waals surface area contributed by atoms with Gasteiger partial charge in [0.1, 0.15) is 24.0 Å². The average molecular weight is 379 g/mol. The fraction of sp³-hybridized carbons (Fsp3) is 0.350. The molecule has 0 saturated heterocycles. The summed E-state index contributed by atoms with van der Waals surface area (Å²) >= 11 is 0. The standard InChI is InChI=1S/C20H25N7O/c1-20(2,3)27-18-15(17(21)23-10-24-18)16(25-27)14-8-11-6-7-12(19(28)22-4)9-13(11)26(14)5/h6-9,24H,10H2,1-5H3,(H2,21,23)(H,22,28). The van der Waals surface area contributed by atoms with Gasteiger partial charge in [-0.2, -0.15) is 5.10 Å². The molecule has 0 atom stereocenters. The third-order valence-electron chi connectivity index (χ3n) is 5.05. The van der Waals surface area contributed by atoms with Crippen molar-refractivity contribution in [3.05, 3.63) is 35.4 Å². The molecule has 0 aliphatic carbocycles. The topological polar surface area (TPSA) is 102 Å². The van der Waals surface area contributed by atoms with Crippen molar-refractivity contribution >= 4 is 28.5 Å². The van der Waals surface area contributed by atoms with Gasteiger partial charge in [0.15, 0.2) is 0 Å². The highest BCUT2D eigenvalue weighted by Gasteiger charge is 2.30. The molecule has 2 aromatic heterocycles. The molecule has 0 unspecified atom stereocenters. The number of anilines is 1. The van der Waals surface area contributed by atoms with E-state index in [0.29, 0.717) is 18.1 Å². The summed E-state index contributed by atoms with van der Waals surface area (Å²) in [5.41, 5.74) is 10.1. The molecule has 3 heterocycles. The number of aromatic nitrogens is 3. The van der Waals surface area contributed by atoms with E-state index in [0.717, 1.165) is 33.7 Å². The van der Waals surface area contributed by atoms with E-state index >= 15 is 0 Å². The second-order valence-electron chi connectivity index (χ2n) is 7.97. The normalized spacial score (nSPS) is 13.8. The Bertz CT molecular complexity index is 1130. The molecule has 0 bridgehead atoms. The predicted octanol–water partition coefficient (Wildman–Crippen LogP) is 2.24. The minimum absolute atomic E-state index is 0.111. The van der Waals surface area contributed by atoms with Crippen LogP contribution in [0.3, 0.4) is 0 Å². The SMILES string of the molecule is CNC(=O)c1ccc2cc(-c3nn(C(C)(C)C)c4c3C(N)=NCN4)n(C)c2c1. The molecular formula is C20H25N7O. The fourth-order valence-electron chi connectivity index (χ4n) is 3.61. The van der Waals surface area contributed by atoms with E-state index in [4.69, 9.17) is 10.8 Å². The van der Waals surface area contributed by atoms with Crippen molar-refractivity contribution in [2.24, 2.45) is 17.8 Å². The number of aryl methyl sites for hydroxylation is 1. The average Bonchev–Trinajstić information content (AvgIpc) is 3.20. The maximum Gasteiger partial charge on any atom is 0.251 e. The Morgan fingerprint density at radius 3 is 2.71 bits per heavy atom. The van der Waals surface area contributed by atoms with Crippen LogP contribution in [0.2, 0.25) is 0 Å². The van der Waals surface area contributed by atoms with Crippen LogP contribution < -0.4 is 16.4 Å². The molecule has 28 heavy (non-hydrogen) atoms. The largest absolute Gasteiger partial charge is 0.383 e. The van der Waals surface area contributed by atoms with Gasteiger partial charge in [0.05, 0.1) is 16.8 Å². The molecule has 8 heteroatoms. The van der Waals surface area contributed by atoms with E-state index in [1.54, 1.807) is 7.05 Å². The number of rotatable bonds is 2. The molecule has 1 aromatic carbocycles. The molecule has 1 aliphatic heterocycles. The molecule has 8 nitrogen and oxygen atoms in total. The first kappa shape index (κ1) is 18.1. The van der Waals surface area contributed by atoms with Gasteiger partial charge in [-0.1, -0.05) is 6.07 Å². The van der Waals surface area contributed by atoms with Crippen LogP contribution in [0.4, 0.5) is 5.82 Å². The highest BCUT2D eigenvalue weighted by Crippen LogP contribution is 2.36. The Morgan fingerprint density at radius 1 is 1.29 bits per heavy atom. The molecule has 0 radical (unpaired) electrons. The number of amides is 1. The molecule has 0 saturated carbocycles. The summed E-state index contributed by atoms with van der Waals surface area (Å²) in [5.74, 6) is 1.25. The molecule has 1 aliphatic rings. The van der Waals surface area contributed by atoms with Crippen LogP contribution in [0.25, 0.3) is 22.3 Å². The maximum atomic E-state index is 12.0. The summed E-state index contributed by atoms with van der Waals surface area (Å²) in [5, 5.41) is 11.9. The van der Waals surface area contributed by atoms with Gasteiger partial charge in [0.2, 0.25) is 0 Å². The smallest absolute Gasteiger partial charge is 0.251 e. The van der Waals surface area contributed by atoms with Crippen molar-refractivity contribution < 1.29 is 4.79 Å². The van der Waals surface area contributed by atoms with E-state index in [1.807, 2.05) is 34.5 Å². The zero-order chi connectivity index (χ0) is 20.2. The summed E-state index contributed by atoms with van der Waals surface area (Å²) in [6.07, 6.45) is 0. The van der Waals surface area contributed by atoms with Crippen molar-refractivity contribution in [2.75, 3.05) is 19.0 Å². The number of nitrogens with one attached hydrogen (secondary N) is 2. The number of benzene rings is 1. The predicted molar refractivity (Wildman–Crippen MR) is 112 cm³/mol. The third-order valence-corrected chi connectivity index (χ3v) is 5.05. The number of nitrogens with zero attached hydrogens (tertiary/aromatic N) is 4. The first-order valence-electron chi connectivity index (χ1n) is 9.22. The van der Waals surface area contributed by atoms with Crippen LogP contribution in [-0.4, -0.2) is 39.8 Å². The number of fused-ring (bicyclic) bond motifs is 2. The summed E-state index contributed by atoms with van der Waals surface area (Å²) in [6.45, 7) is 6.74. The molecule has 146 valence electrons.